The van der Waals surface area contributed by atoms with Gasteiger partial charge >= 0.3 is 0 Å². The molecule has 1 rings (SSSR count). The molecule has 17 heavy (non-hydrogen) atoms. The summed E-state index contributed by atoms with van der Waals surface area (Å²) in [5.74, 6) is 0.271. The fourth-order valence-electron chi connectivity index (χ4n) is 2.37. The monoisotopic (exact) mass is 240 g/mol. The highest BCUT2D eigenvalue weighted by atomic mass is 16.2. The zero-order valence-electron chi connectivity index (χ0n) is 11.5. The van der Waals surface area contributed by atoms with Gasteiger partial charge in [0, 0.05) is 13.6 Å². The van der Waals surface area contributed by atoms with Crippen LogP contribution < -0.4 is 5.32 Å². The van der Waals surface area contributed by atoms with Gasteiger partial charge in [-0.1, -0.05) is 45.4 Å². The van der Waals surface area contributed by atoms with E-state index in [1.54, 1.807) is 0 Å². The van der Waals surface area contributed by atoms with Gasteiger partial charge in [0.1, 0.15) is 0 Å². The Hall–Kier alpha value is -0.570. The predicted molar refractivity (Wildman–Crippen MR) is 72.0 cm³/mol. The zero-order chi connectivity index (χ0) is 12.5. The van der Waals surface area contributed by atoms with Crippen molar-refractivity contribution >= 4 is 5.91 Å². The highest BCUT2D eigenvalue weighted by molar-refractivity contribution is 5.83. The molecule has 0 aromatic rings. The zero-order valence-corrected chi connectivity index (χ0v) is 11.5. The van der Waals surface area contributed by atoms with E-state index in [0.717, 1.165) is 19.5 Å². The molecule has 1 aliphatic heterocycles. The standard InChI is InChI=1S/C14H28N2O/c1-3-4-5-6-7-8-9-11-15-13-10-12-16(2)14(13)17/h13,15H,3-12H2,1-2H3. The topological polar surface area (TPSA) is 32.3 Å². The molecule has 1 saturated heterocycles. The maximum atomic E-state index is 11.6. The molecule has 1 atom stereocenters. The molecule has 0 saturated carbocycles. The van der Waals surface area contributed by atoms with Gasteiger partial charge in [-0.15, -0.1) is 0 Å². The number of carbonyl (C=O) groups excluding carboxylic acids is 1. The average Bonchev–Trinajstić information content (AvgIpc) is 2.64. The number of unbranched alkanes of at least 4 members (excludes halogenated alkanes) is 6. The fourth-order valence-corrected chi connectivity index (χ4v) is 2.37. The predicted octanol–water partition coefficient (Wildman–Crippen LogP) is 2.56. The molecule has 3 nitrogen and oxygen atoms in total. The molecule has 0 bridgehead atoms. The third-order valence-corrected chi connectivity index (χ3v) is 3.60. The van der Waals surface area contributed by atoms with Gasteiger partial charge in [0.05, 0.1) is 6.04 Å². The number of rotatable bonds is 9. The summed E-state index contributed by atoms with van der Waals surface area (Å²) in [7, 11) is 1.89. The lowest BCUT2D eigenvalue weighted by atomic mass is 10.1. The first-order valence-electron chi connectivity index (χ1n) is 7.24. The van der Waals surface area contributed by atoms with Crippen molar-refractivity contribution in [3.8, 4) is 0 Å². The van der Waals surface area contributed by atoms with Crippen molar-refractivity contribution in [2.75, 3.05) is 20.1 Å². The first kappa shape index (κ1) is 14.5. The SMILES string of the molecule is CCCCCCCCCNC1CCN(C)C1=O. The van der Waals surface area contributed by atoms with Crippen molar-refractivity contribution in [3.05, 3.63) is 0 Å². The maximum Gasteiger partial charge on any atom is 0.239 e. The smallest absolute Gasteiger partial charge is 0.239 e. The van der Waals surface area contributed by atoms with E-state index in [-0.39, 0.29) is 11.9 Å². The second kappa shape index (κ2) is 8.51. The van der Waals surface area contributed by atoms with Gasteiger partial charge in [-0.05, 0) is 19.4 Å². The molecular weight excluding hydrogens is 212 g/mol. The molecule has 1 heterocycles. The van der Waals surface area contributed by atoms with Crippen LogP contribution in [0.2, 0.25) is 0 Å². The molecule has 1 amide bonds. The van der Waals surface area contributed by atoms with E-state index >= 15 is 0 Å². The minimum atomic E-state index is 0.0973. The van der Waals surface area contributed by atoms with Crippen molar-refractivity contribution in [2.45, 2.75) is 64.3 Å². The van der Waals surface area contributed by atoms with Crippen LogP contribution in [0.25, 0.3) is 0 Å². The third-order valence-electron chi connectivity index (χ3n) is 3.60. The Bertz CT molecular complexity index is 218. The van der Waals surface area contributed by atoms with E-state index in [2.05, 4.69) is 12.2 Å². The lowest BCUT2D eigenvalue weighted by Crippen LogP contribution is -2.37. The number of nitrogens with zero attached hydrogens (tertiary/aromatic N) is 1. The summed E-state index contributed by atoms with van der Waals surface area (Å²) in [6.07, 6.45) is 10.3. The summed E-state index contributed by atoms with van der Waals surface area (Å²) in [5, 5.41) is 3.37. The van der Waals surface area contributed by atoms with Gasteiger partial charge < -0.3 is 10.2 Å². The number of likely N-dealkylation sites (N-methyl/N-ethyl adjacent to an activating group) is 1. The molecule has 0 aromatic heterocycles. The Morgan fingerprint density at radius 2 is 1.82 bits per heavy atom. The molecule has 100 valence electrons. The molecule has 1 aliphatic rings. The van der Waals surface area contributed by atoms with Gasteiger partial charge in [-0.25, -0.2) is 0 Å². The van der Waals surface area contributed by atoms with Crippen molar-refractivity contribution < 1.29 is 4.79 Å². The van der Waals surface area contributed by atoms with Crippen LogP contribution >= 0.6 is 0 Å². The summed E-state index contributed by atoms with van der Waals surface area (Å²) in [4.78, 5) is 13.4. The maximum absolute atomic E-state index is 11.6. The molecule has 0 spiro atoms. The molecular formula is C14H28N2O. The van der Waals surface area contributed by atoms with E-state index < -0.39 is 0 Å². The Balaban J connectivity index is 1.89. The minimum absolute atomic E-state index is 0.0973. The van der Waals surface area contributed by atoms with E-state index in [0.29, 0.717) is 0 Å². The quantitative estimate of drug-likeness (QED) is 0.628. The third kappa shape index (κ3) is 5.53. The fraction of sp³-hybridized carbons (Fsp3) is 0.929. The summed E-state index contributed by atoms with van der Waals surface area (Å²) < 4.78 is 0. The lowest BCUT2D eigenvalue weighted by Gasteiger charge is -2.11. The Kier molecular flexibility index (Phi) is 7.25. The Morgan fingerprint density at radius 3 is 2.41 bits per heavy atom. The second-order valence-electron chi connectivity index (χ2n) is 5.18. The molecule has 1 unspecified atom stereocenters. The molecule has 1 fully saturated rings. The van der Waals surface area contributed by atoms with Crippen LogP contribution in [0.15, 0.2) is 0 Å². The molecule has 0 aliphatic carbocycles. The van der Waals surface area contributed by atoms with Crippen LogP contribution in [0.5, 0.6) is 0 Å². The van der Waals surface area contributed by atoms with Crippen LogP contribution in [0.3, 0.4) is 0 Å². The molecule has 0 aromatic carbocycles. The van der Waals surface area contributed by atoms with Crippen molar-refractivity contribution in [1.82, 2.24) is 10.2 Å². The lowest BCUT2D eigenvalue weighted by molar-refractivity contribution is -0.128. The van der Waals surface area contributed by atoms with Crippen molar-refractivity contribution in [3.63, 3.8) is 0 Å². The first-order chi connectivity index (χ1) is 8.25. The largest absolute Gasteiger partial charge is 0.344 e. The summed E-state index contributed by atoms with van der Waals surface area (Å²) >= 11 is 0. The molecule has 0 radical (unpaired) electrons. The van der Waals surface area contributed by atoms with Gasteiger partial charge in [0.15, 0.2) is 0 Å². The highest BCUT2D eigenvalue weighted by Gasteiger charge is 2.27. The second-order valence-corrected chi connectivity index (χ2v) is 5.18. The molecule has 3 heteroatoms. The van der Waals surface area contributed by atoms with Crippen LogP contribution in [0, 0.1) is 0 Å². The summed E-state index contributed by atoms with van der Waals surface area (Å²) in [6.45, 7) is 4.16. The van der Waals surface area contributed by atoms with Crippen LogP contribution in [0.1, 0.15) is 58.3 Å². The highest BCUT2D eigenvalue weighted by Crippen LogP contribution is 2.09. The minimum Gasteiger partial charge on any atom is -0.344 e. The Morgan fingerprint density at radius 1 is 1.18 bits per heavy atom. The summed E-state index contributed by atoms with van der Waals surface area (Å²) in [5.41, 5.74) is 0. The number of carbonyl (C=O) groups is 1. The first-order valence-corrected chi connectivity index (χ1v) is 7.24. The van der Waals surface area contributed by atoms with Crippen molar-refractivity contribution in [2.24, 2.45) is 0 Å². The Labute approximate surface area is 106 Å². The van der Waals surface area contributed by atoms with Gasteiger partial charge in [0.2, 0.25) is 5.91 Å². The number of nitrogens with one attached hydrogen (secondary N) is 1. The van der Waals surface area contributed by atoms with Gasteiger partial charge in [-0.2, -0.15) is 0 Å². The number of amides is 1. The van der Waals surface area contributed by atoms with E-state index in [1.807, 2.05) is 11.9 Å². The number of likely N-dealkylation sites (tertiary alicyclic amines) is 1. The van der Waals surface area contributed by atoms with Crippen LogP contribution in [0.4, 0.5) is 0 Å². The summed E-state index contributed by atoms with van der Waals surface area (Å²) in [6, 6.07) is 0.0973. The van der Waals surface area contributed by atoms with E-state index in [1.165, 1.54) is 44.9 Å². The average molecular weight is 240 g/mol. The number of hydrogen-bond acceptors (Lipinski definition) is 2. The molecule has 1 N–H and O–H groups in total. The van der Waals surface area contributed by atoms with E-state index in [4.69, 9.17) is 0 Å². The number of hydrogen-bond donors (Lipinski definition) is 1. The van der Waals surface area contributed by atoms with Crippen LogP contribution in [-0.4, -0.2) is 37.0 Å². The van der Waals surface area contributed by atoms with Gasteiger partial charge in [-0.3, -0.25) is 4.79 Å². The van der Waals surface area contributed by atoms with Gasteiger partial charge in [0.25, 0.3) is 0 Å². The normalized spacial score (nSPS) is 20.2. The van der Waals surface area contributed by atoms with Crippen molar-refractivity contribution in [1.29, 1.82) is 0 Å². The van der Waals surface area contributed by atoms with E-state index in [9.17, 15) is 4.79 Å². The van der Waals surface area contributed by atoms with Crippen LogP contribution in [-0.2, 0) is 4.79 Å².